The molecule has 7 heteroatoms. The lowest BCUT2D eigenvalue weighted by molar-refractivity contribution is -0.132. The standard InChI is InChI=1S/C18H28N2O4.ClH/c1-19-14-6-5-11-20(12-14)16(21)10-8-13-7-9-15(22-2)18(24-4)17(13)23-3;/h7,9,14,19H,5-6,8,10-12H2,1-4H3;1H. The topological polar surface area (TPSA) is 60.0 Å². The Bertz CT molecular complexity index is 568. The summed E-state index contributed by atoms with van der Waals surface area (Å²) in [6, 6.07) is 4.18. The summed E-state index contributed by atoms with van der Waals surface area (Å²) in [5.41, 5.74) is 0.950. The summed E-state index contributed by atoms with van der Waals surface area (Å²) in [6.07, 6.45) is 3.26. The maximum absolute atomic E-state index is 12.5. The Kier molecular flexibility index (Phi) is 8.86. The Morgan fingerprint density at radius 2 is 1.92 bits per heavy atom. The number of aryl methyl sites for hydroxylation is 1. The van der Waals surface area contributed by atoms with Gasteiger partial charge in [0.15, 0.2) is 11.5 Å². The molecule has 25 heavy (non-hydrogen) atoms. The first-order valence-electron chi connectivity index (χ1n) is 8.37. The highest BCUT2D eigenvalue weighted by atomic mass is 35.5. The van der Waals surface area contributed by atoms with Crippen molar-refractivity contribution in [2.24, 2.45) is 0 Å². The molecule has 2 rings (SSSR count). The number of halogens is 1. The van der Waals surface area contributed by atoms with Crippen molar-refractivity contribution in [2.75, 3.05) is 41.5 Å². The van der Waals surface area contributed by atoms with Crippen molar-refractivity contribution in [3.63, 3.8) is 0 Å². The average Bonchev–Trinajstić information content (AvgIpc) is 2.64. The molecule has 1 N–H and O–H groups in total. The van der Waals surface area contributed by atoms with Crippen LogP contribution in [0, 0.1) is 0 Å². The van der Waals surface area contributed by atoms with Crippen LogP contribution in [0.1, 0.15) is 24.8 Å². The number of nitrogens with zero attached hydrogens (tertiary/aromatic N) is 1. The molecule has 6 nitrogen and oxygen atoms in total. The molecule has 1 saturated heterocycles. The molecule has 1 unspecified atom stereocenters. The van der Waals surface area contributed by atoms with E-state index in [1.165, 1.54) is 0 Å². The number of methoxy groups -OCH3 is 3. The van der Waals surface area contributed by atoms with E-state index in [2.05, 4.69) is 5.32 Å². The van der Waals surface area contributed by atoms with Crippen LogP contribution in [0.4, 0.5) is 0 Å². The van der Waals surface area contributed by atoms with Crippen LogP contribution in [0.25, 0.3) is 0 Å². The van der Waals surface area contributed by atoms with Crippen LogP contribution in [0.2, 0.25) is 0 Å². The highest BCUT2D eigenvalue weighted by molar-refractivity contribution is 5.85. The first-order chi connectivity index (χ1) is 11.6. The smallest absolute Gasteiger partial charge is 0.222 e. The molecular weight excluding hydrogens is 344 g/mol. The van der Waals surface area contributed by atoms with Crippen LogP contribution in [-0.4, -0.2) is 58.3 Å². The van der Waals surface area contributed by atoms with E-state index < -0.39 is 0 Å². The van der Waals surface area contributed by atoms with Gasteiger partial charge in [0, 0.05) is 25.6 Å². The monoisotopic (exact) mass is 372 g/mol. The molecule has 0 bridgehead atoms. The molecule has 0 aromatic heterocycles. The third kappa shape index (κ3) is 5.16. The number of amides is 1. The lowest BCUT2D eigenvalue weighted by Gasteiger charge is -2.32. The fourth-order valence-corrected chi connectivity index (χ4v) is 3.20. The number of rotatable bonds is 7. The molecule has 1 fully saturated rings. The third-order valence-electron chi connectivity index (χ3n) is 4.58. The van der Waals surface area contributed by atoms with Crippen molar-refractivity contribution < 1.29 is 19.0 Å². The summed E-state index contributed by atoms with van der Waals surface area (Å²) in [5, 5.41) is 3.26. The number of piperidine rings is 1. The normalized spacial score (nSPS) is 16.8. The average molecular weight is 373 g/mol. The largest absolute Gasteiger partial charge is 0.493 e. The van der Waals surface area contributed by atoms with Crippen LogP contribution < -0.4 is 19.5 Å². The zero-order valence-corrected chi connectivity index (χ0v) is 16.3. The molecule has 1 aliphatic heterocycles. The maximum Gasteiger partial charge on any atom is 0.222 e. The van der Waals surface area contributed by atoms with Gasteiger partial charge in [0.25, 0.3) is 0 Å². The van der Waals surface area contributed by atoms with E-state index in [1.807, 2.05) is 24.1 Å². The number of hydrogen-bond acceptors (Lipinski definition) is 5. The Balaban J connectivity index is 0.00000312. The van der Waals surface area contributed by atoms with Gasteiger partial charge in [-0.05, 0) is 37.9 Å². The first-order valence-corrected chi connectivity index (χ1v) is 8.37. The SMILES string of the molecule is CNC1CCCN(C(=O)CCc2ccc(OC)c(OC)c2OC)C1.Cl. The Hall–Kier alpha value is -1.66. The number of carbonyl (C=O) groups is 1. The molecule has 1 amide bonds. The van der Waals surface area contributed by atoms with Crippen molar-refractivity contribution in [3.05, 3.63) is 17.7 Å². The van der Waals surface area contributed by atoms with Gasteiger partial charge in [0.2, 0.25) is 11.7 Å². The zero-order chi connectivity index (χ0) is 17.5. The van der Waals surface area contributed by atoms with Gasteiger partial charge in [-0.25, -0.2) is 0 Å². The summed E-state index contributed by atoms with van der Waals surface area (Å²) in [4.78, 5) is 14.5. The van der Waals surface area contributed by atoms with Crippen LogP contribution in [0.3, 0.4) is 0 Å². The minimum absolute atomic E-state index is 0. The molecule has 0 radical (unpaired) electrons. The zero-order valence-electron chi connectivity index (χ0n) is 15.5. The molecule has 1 aromatic rings. The minimum atomic E-state index is 0. The van der Waals surface area contributed by atoms with Crippen LogP contribution in [0.5, 0.6) is 17.2 Å². The summed E-state index contributed by atoms with van der Waals surface area (Å²) < 4.78 is 16.2. The Labute approximate surface area is 156 Å². The van der Waals surface area contributed by atoms with Crippen molar-refractivity contribution in [2.45, 2.75) is 31.7 Å². The maximum atomic E-state index is 12.5. The second-order valence-corrected chi connectivity index (χ2v) is 5.96. The van der Waals surface area contributed by atoms with Gasteiger partial charge < -0.3 is 24.4 Å². The molecule has 1 atom stereocenters. The molecule has 0 aliphatic carbocycles. The summed E-state index contributed by atoms with van der Waals surface area (Å²) >= 11 is 0. The Morgan fingerprint density at radius 1 is 1.20 bits per heavy atom. The van der Waals surface area contributed by atoms with E-state index in [4.69, 9.17) is 14.2 Å². The lowest BCUT2D eigenvalue weighted by atomic mass is 10.0. The van der Waals surface area contributed by atoms with E-state index in [1.54, 1.807) is 21.3 Å². The van der Waals surface area contributed by atoms with Gasteiger partial charge >= 0.3 is 0 Å². The van der Waals surface area contributed by atoms with Crippen molar-refractivity contribution in [1.29, 1.82) is 0 Å². The number of likely N-dealkylation sites (tertiary alicyclic amines) is 1. The first kappa shape index (κ1) is 21.4. The molecule has 1 heterocycles. The second-order valence-electron chi connectivity index (χ2n) is 5.96. The molecule has 0 saturated carbocycles. The minimum Gasteiger partial charge on any atom is -0.493 e. The number of benzene rings is 1. The number of nitrogens with one attached hydrogen (secondary N) is 1. The third-order valence-corrected chi connectivity index (χ3v) is 4.58. The molecule has 1 aliphatic rings. The van der Waals surface area contributed by atoms with Crippen molar-refractivity contribution in [3.8, 4) is 17.2 Å². The van der Waals surface area contributed by atoms with Gasteiger partial charge in [-0.1, -0.05) is 6.07 Å². The van der Waals surface area contributed by atoms with Crippen LogP contribution in [-0.2, 0) is 11.2 Å². The van der Waals surface area contributed by atoms with E-state index in [9.17, 15) is 4.79 Å². The highest BCUT2D eigenvalue weighted by Crippen LogP contribution is 2.40. The fourth-order valence-electron chi connectivity index (χ4n) is 3.20. The van der Waals surface area contributed by atoms with Gasteiger partial charge in [-0.15, -0.1) is 12.4 Å². The van der Waals surface area contributed by atoms with Crippen molar-refractivity contribution >= 4 is 18.3 Å². The molecular formula is C18H29ClN2O4. The summed E-state index contributed by atoms with van der Waals surface area (Å²) in [5.74, 6) is 2.01. The molecule has 142 valence electrons. The van der Waals surface area contributed by atoms with Gasteiger partial charge in [-0.2, -0.15) is 0 Å². The van der Waals surface area contributed by atoms with E-state index in [-0.39, 0.29) is 18.3 Å². The number of likely N-dealkylation sites (N-methyl/N-ethyl adjacent to an activating group) is 1. The van der Waals surface area contributed by atoms with E-state index >= 15 is 0 Å². The highest BCUT2D eigenvalue weighted by Gasteiger charge is 2.23. The quantitative estimate of drug-likeness (QED) is 0.795. The summed E-state index contributed by atoms with van der Waals surface area (Å²) in [6.45, 7) is 1.64. The van der Waals surface area contributed by atoms with Crippen LogP contribution >= 0.6 is 12.4 Å². The molecule has 1 aromatic carbocycles. The van der Waals surface area contributed by atoms with Crippen LogP contribution in [0.15, 0.2) is 12.1 Å². The number of hydrogen-bond donors (Lipinski definition) is 1. The van der Waals surface area contributed by atoms with Crippen molar-refractivity contribution in [1.82, 2.24) is 10.2 Å². The predicted octanol–water partition coefficient (Wildman–Crippen LogP) is 2.28. The van der Waals surface area contributed by atoms with Gasteiger partial charge in [0.05, 0.1) is 21.3 Å². The summed E-state index contributed by atoms with van der Waals surface area (Å²) in [7, 11) is 6.73. The number of ether oxygens (including phenoxy) is 3. The number of carbonyl (C=O) groups excluding carboxylic acids is 1. The Morgan fingerprint density at radius 3 is 2.52 bits per heavy atom. The second kappa shape index (κ2) is 10.4. The van der Waals surface area contributed by atoms with E-state index in [0.717, 1.165) is 31.5 Å². The van der Waals surface area contributed by atoms with E-state index in [0.29, 0.717) is 36.1 Å². The van der Waals surface area contributed by atoms with Gasteiger partial charge in [-0.3, -0.25) is 4.79 Å². The predicted molar refractivity (Wildman–Crippen MR) is 100 cm³/mol. The lowest BCUT2D eigenvalue weighted by Crippen LogP contribution is -2.47. The van der Waals surface area contributed by atoms with Gasteiger partial charge in [0.1, 0.15) is 0 Å². The molecule has 0 spiro atoms. The fraction of sp³-hybridized carbons (Fsp3) is 0.611.